The third kappa shape index (κ3) is 4.60. The van der Waals surface area contributed by atoms with Crippen molar-refractivity contribution >= 4 is 23.1 Å². The number of nitro benzene ring substituents is 1. The summed E-state index contributed by atoms with van der Waals surface area (Å²) in [7, 11) is 0. The molecule has 0 saturated heterocycles. The lowest BCUT2D eigenvalue weighted by molar-refractivity contribution is -0.386. The highest BCUT2D eigenvalue weighted by atomic mass is 19.1. The van der Waals surface area contributed by atoms with Crippen molar-refractivity contribution in [3.63, 3.8) is 0 Å². The Morgan fingerprint density at radius 1 is 1.20 bits per heavy atom. The van der Waals surface area contributed by atoms with Gasteiger partial charge in [0, 0.05) is 23.4 Å². The number of Topliss-reactive ketones (excluding diaryl/α,β-unsaturated/α-hetero) is 1. The van der Waals surface area contributed by atoms with Crippen LogP contribution in [0.1, 0.15) is 24.2 Å². The van der Waals surface area contributed by atoms with Gasteiger partial charge in [-0.1, -0.05) is 0 Å². The van der Waals surface area contributed by atoms with Crippen molar-refractivity contribution in [2.75, 3.05) is 5.32 Å². The van der Waals surface area contributed by atoms with E-state index >= 15 is 0 Å². The van der Waals surface area contributed by atoms with Crippen molar-refractivity contribution in [3.05, 3.63) is 64.0 Å². The summed E-state index contributed by atoms with van der Waals surface area (Å²) in [5, 5.41) is 13.5. The molecule has 1 atom stereocenters. The highest BCUT2D eigenvalue weighted by molar-refractivity contribution is 5.96. The lowest BCUT2D eigenvalue weighted by atomic mass is 10.1. The minimum Gasteiger partial charge on any atom is -0.474 e. The van der Waals surface area contributed by atoms with E-state index in [0.717, 1.165) is 18.2 Å². The van der Waals surface area contributed by atoms with Crippen molar-refractivity contribution in [3.8, 4) is 5.75 Å². The average Bonchev–Trinajstić information content (AvgIpc) is 2.55. The summed E-state index contributed by atoms with van der Waals surface area (Å²) in [6.07, 6.45) is -1.10. The number of ketones is 1. The van der Waals surface area contributed by atoms with Gasteiger partial charge in [-0.2, -0.15) is 0 Å². The summed E-state index contributed by atoms with van der Waals surface area (Å²) < 4.78 is 18.5. The van der Waals surface area contributed by atoms with Crippen molar-refractivity contribution in [2.24, 2.45) is 0 Å². The van der Waals surface area contributed by atoms with Gasteiger partial charge in [-0.25, -0.2) is 4.39 Å². The lowest BCUT2D eigenvalue weighted by Crippen LogP contribution is -2.30. The minimum atomic E-state index is -1.10. The molecule has 25 heavy (non-hydrogen) atoms. The molecule has 0 fully saturated rings. The molecule has 0 bridgehead atoms. The molecule has 8 heteroatoms. The first-order chi connectivity index (χ1) is 11.8. The summed E-state index contributed by atoms with van der Waals surface area (Å²) >= 11 is 0. The van der Waals surface area contributed by atoms with E-state index in [0.29, 0.717) is 11.3 Å². The largest absolute Gasteiger partial charge is 0.474 e. The van der Waals surface area contributed by atoms with Crippen molar-refractivity contribution < 1.29 is 23.6 Å². The maximum atomic E-state index is 13.3. The van der Waals surface area contributed by atoms with Crippen LogP contribution in [0.15, 0.2) is 42.5 Å². The van der Waals surface area contributed by atoms with E-state index in [4.69, 9.17) is 4.74 Å². The van der Waals surface area contributed by atoms with Crippen LogP contribution in [0, 0.1) is 15.9 Å². The third-order valence-electron chi connectivity index (χ3n) is 3.35. The first-order valence-electron chi connectivity index (χ1n) is 7.30. The Labute approximate surface area is 142 Å². The molecular weight excluding hydrogens is 331 g/mol. The van der Waals surface area contributed by atoms with Crippen LogP contribution >= 0.6 is 0 Å². The van der Waals surface area contributed by atoms with E-state index in [1.165, 1.54) is 13.8 Å². The van der Waals surface area contributed by atoms with Gasteiger partial charge in [-0.05, 0) is 44.2 Å². The number of amides is 1. The number of carbonyl (C=O) groups is 2. The van der Waals surface area contributed by atoms with Crippen LogP contribution in [0.4, 0.5) is 15.8 Å². The summed E-state index contributed by atoms with van der Waals surface area (Å²) in [5.74, 6) is -1.73. The first-order valence-corrected chi connectivity index (χ1v) is 7.30. The monoisotopic (exact) mass is 346 g/mol. The highest BCUT2D eigenvalue weighted by Crippen LogP contribution is 2.28. The van der Waals surface area contributed by atoms with E-state index in [1.807, 2.05) is 0 Å². The number of nitrogens with one attached hydrogen (secondary N) is 1. The first kappa shape index (κ1) is 18.1. The van der Waals surface area contributed by atoms with Crippen LogP contribution in [0.3, 0.4) is 0 Å². The normalized spacial score (nSPS) is 11.5. The van der Waals surface area contributed by atoms with Gasteiger partial charge in [-0.3, -0.25) is 19.7 Å². The van der Waals surface area contributed by atoms with Crippen molar-refractivity contribution in [1.82, 2.24) is 0 Å². The fraction of sp³-hybridized carbons (Fsp3) is 0.176. The van der Waals surface area contributed by atoms with Gasteiger partial charge < -0.3 is 10.1 Å². The maximum absolute atomic E-state index is 13.3. The number of anilines is 1. The molecule has 0 aromatic heterocycles. The summed E-state index contributed by atoms with van der Waals surface area (Å²) in [5.41, 5.74) is 0.490. The Morgan fingerprint density at radius 3 is 2.40 bits per heavy atom. The third-order valence-corrected chi connectivity index (χ3v) is 3.35. The molecule has 130 valence electrons. The number of hydrogen-bond donors (Lipinski definition) is 1. The molecule has 0 spiro atoms. The topological polar surface area (TPSA) is 98.5 Å². The molecule has 0 aliphatic carbocycles. The zero-order chi connectivity index (χ0) is 18.6. The number of ether oxygens (including phenoxy) is 1. The Hall–Kier alpha value is -3.29. The number of rotatable bonds is 6. The predicted molar refractivity (Wildman–Crippen MR) is 88.2 cm³/mol. The number of nitrogens with zero attached hydrogens (tertiary/aromatic N) is 1. The molecule has 7 nitrogen and oxygen atoms in total. The molecule has 0 aliphatic heterocycles. The van der Waals surface area contributed by atoms with Crippen LogP contribution in [0.5, 0.6) is 5.75 Å². The van der Waals surface area contributed by atoms with E-state index in [2.05, 4.69) is 5.32 Å². The fourth-order valence-electron chi connectivity index (χ4n) is 2.01. The molecule has 2 aromatic rings. The summed E-state index contributed by atoms with van der Waals surface area (Å²) in [6.45, 7) is 2.81. The molecule has 0 unspecified atom stereocenters. The van der Waals surface area contributed by atoms with Gasteiger partial charge in [0.25, 0.3) is 5.91 Å². The molecule has 1 amide bonds. The maximum Gasteiger partial charge on any atom is 0.311 e. The number of benzene rings is 2. The Bertz CT molecular complexity index is 820. The van der Waals surface area contributed by atoms with Crippen LogP contribution in [0.25, 0.3) is 0 Å². The second kappa shape index (κ2) is 7.52. The smallest absolute Gasteiger partial charge is 0.311 e. The van der Waals surface area contributed by atoms with E-state index in [9.17, 15) is 24.1 Å². The van der Waals surface area contributed by atoms with Crippen LogP contribution in [-0.2, 0) is 4.79 Å². The number of nitro groups is 1. The molecular formula is C17H15FN2O5. The van der Waals surface area contributed by atoms with Gasteiger partial charge in [0.15, 0.2) is 11.9 Å². The molecule has 0 radical (unpaired) electrons. The Morgan fingerprint density at radius 2 is 1.84 bits per heavy atom. The Balaban J connectivity index is 2.09. The quantitative estimate of drug-likeness (QED) is 0.491. The standard InChI is InChI=1S/C17H15FN2O5/c1-10(21)12-3-6-14(7-4-12)19-17(22)11(2)25-16-9-13(18)5-8-15(16)20(23)24/h3-9,11H,1-2H3,(H,19,22)/t11-/m1/s1. The summed E-state index contributed by atoms with van der Waals surface area (Å²) in [6, 6.07) is 8.96. The molecule has 2 aromatic carbocycles. The Kier molecular flexibility index (Phi) is 5.43. The molecule has 1 N–H and O–H groups in total. The number of carbonyl (C=O) groups excluding carboxylic acids is 2. The van der Waals surface area contributed by atoms with Crippen molar-refractivity contribution in [1.29, 1.82) is 0 Å². The van der Waals surface area contributed by atoms with Gasteiger partial charge >= 0.3 is 5.69 Å². The second-order valence-corrected chi connectivity index (χ2v) is 5.25. The summed E-state index contributed by atoms with van der Waals surface area (Å²) in [4.78, 5) is 33.6. The van der Waals surface area contributed by atoms with Crippen molar-refractivity contribution in [2.45, 2.75) is 20.0 Å². The fourth-order valence-corrected chi connectivity index (χ4v) is 2.01. The second-order valence-electron chi connectivity index (χ2n) is 5.25. The molecule has 0 aliphatic rings. The van der Waals surface area contributed by atoms with Crippen LogP contribution < -0.4 is 10.1 Å². The SMILES string of the molecule is CC(=O)c1ccc(NC(=O)[C@@H](C)Oc2cc(F)ccc2[N+](=O)[O-])cc1. The van der Waals surface area contributed by atoms with Gasteiger partial charge in [0.1, 0.15) is 5.82 Å². The molecule has 0 heterocycles. The number of halogens is 1. The van der Waals surface area contributed by atoms with E-state index in [-0.39, 0.29) is 11.5 Å². The molecule has 0 saturated carbocycles. The van der Waals surface area contributed by atoms with Gasteiger partial charge in [0.2, 0.25) is 5.75 Å². The highest BCUT2D eigenvalue weighted by Gasteiger charge is 2.22. The minimum absolute atomic E-state index is 0.104. The van der Waals surface area contributed by atoms with E-state index in [1.54, 1.807) is 24.3 Å². The van der Waals surface area contributed by atoms with Crippen LogP contribution in [0.2, 0.25) is 0 Å². The van der Waals surface area contributed by atoms with E-state index < -0.39 is 28.4 Å². The lowest BCUT2D eigenvalue weighted by Gasteiger charge is -2.15. The predicted octanol–water partition coefficient (Wildman–Crippen LogP) is 3.34. The number of hydrogen-bond acceptors (Lipinski definition) is 5. The van der Waals surface area contributed by atoms with Gasteiger partial charge in [0.05, 0.1) is 4.92 Å². The zero-order valence-corrected chi connectivity index (χ0v) is 13.5. The van der Waals surface area contributed by atoms with Gasteiger partial charge in [-0.15, -0.1) is 0 Å². The average molecular weight is 346 g/mol. The van der Waals surface area contributed by atoms with Crippen LogP contribution in [-0.4, -0.2) is 22.7 Å². The molecule has 2 rings (SSSR count). The zero-order valence-electron chi connectivity index (χ0n) is 13.5.